The molecule has 1 aromatic carbocycles. The predicted molar refractivity (Wildman–Crippen MR) is 87.1 cm³/mol. The van der Waals surface area contributed by atoms with Gasteiger partial charge in [-0.15, -0.1) is 0 Å². The Bertz CT molecular complexity index is 776. The SMILES string of the molecule is Cc1cccc2c(=O)n(CC(=O)NC3CCC(O)CC3)cnc12. The standard InChI is InChI=1S/C17H21N3O3/c1-11-3-2-4-14-16(11)18-10-20(17(14)23)9-15(22)19-12-5-7-13(21)8-6-12/h2-4,10,12-13,21H,5-9H2,1H3,(H,19,22). The number of carbonyl (C=O) groups excluding carboxylic acids is 1. The molecule has 0 saturated heterocycles. The van der Waals surface area contributed by atoms with E-state index in [9.17, 15) is 14.7 Å². The van der Waals surface area contributed by atoms with Gasteiger partial charge in [-0.25, -0.2) is 4.98 Å². The topological polar surface area (TPSA) is 84.2 Å². The number of benzene rings is 1. The zero-order valence-corrected chi connectivity index (χ0v) is 13.2. The Hall–Kier alpha value is -2.21. The maximum Gasteiger partial charge on any atom is 0.261 e. The van der Waals surface area contributed by atoms with Crippen molar-refractivity contribution in [2.24, 2.45) is 0 Å². The quantitative estimate of drug-likeness (QED) is 0.889. The molecule has 1 aliphatic rings. The third-order valence-electron chi connectivity index (χ3n) is 4.43. The van der Waals surface area contributed by atoms with E-state index in [0.29, 0.717) is 23.7 Å². The molecule has 3 rings (SSSR count). The number of nitrogens with zero attached hydrogens (tertiary/aromatic N) is 2. The third-order valence-corrected chi connectivity index (χ3v) is 4.43. The molecule has 6 nitrogen and oxygen atoms in total. The molecule has 0 bridgehead atoms. The van der Waals surface area contributed by atoms with E-state index < -0.39 is 0 Å². The first-order chi connectivity index (χ1) is 11.0. The van der Waals surface area contributed by atoms with Gasteiger partial charge in [-0.2, -0.15) is 0 Å². The van der Waals surface area contributed by atoms with Crippen LogP contribution in [0.2, 0.25) is 0 Å². The number of nitrogens with one attached hydrogen (secondary N) is 1. The maximum absolute atomic E-state index is 12.5. The molecule has 1 aliphatic carbocycles. The largest absolute Gasteiger partial charge is 0.393 e. The summed E-state index contributed by atoms with van der Waals surface area (Å²) in [6, 6.07) is 5.54. The summed E-state index contributed by atoms with van der Waals surface area (Å²) in [5, 5.41) is 13.0. The molecule has 1 aromatic heterocycles. The lowest BCUT2D eigenvalue weighted by Crippen LogP contribution is -2.41. The van der Waals surface area contributed by atoms with Crippen molar-refractivity contribution in [3.05, 3.63) is 40.4 Å². The van der Waals surface area contributed by atoms with E-state index in [1.165, 1.54) is 10.9 Å². The van der Waals surface area contributed by atoms with Crippen LogP contribution in [0.15, 0.2) is 29.3 Å². The fourth-order valence-corrected chi connectivity index (χ4v) is 3.10. The zero-order chi connectivity index (χ0) is 16.4. The van der Waals surface area contributed by atoms with Crippen molar-refractivity contribution in [2.45, 2.75) is 51.3 Å². The fraction of sp³-hybridized carbons (Fsp3) is 0.471. The van der Waals surface area contributed by atoms with E-state index in [1.54, 1.807) is 6.07 Å². The highest BCUT2D eigenvalue weighted by molar-refractivity contribution is 5.81. The second kappa shape index (κ2) is 6.50. The van der Waals surface area contributed by atoms with Crippen molar-refractivity contribution >= 4 is 16.8 Å². The number of aromatic nitrogens is 2. The van der Waals surface area contributed by atoms with Gasteiger partial charge in [0.15, 0.2) is 0 Å². The number of aryl methyl sites for hydroxylation is 1. The maximum atomic E-state index is 12.5. The first-order valence-corrected chi connectivity index (χ1v) is 7.97. The van der Waals surface area contributed by atoms with Gasteiger partial charge in [0.05, 0.1) is 23.3 Å². The average Bonchev–Trinajstić information content (AvgIpc) is 2.53. The number of carbonyl (C=O) groups is 1. The molecule has 2 aromatic rings. The molecule has 0 unspecified atom stereocenters. The Morgan fingerprint density at radius 1 is 1.35 bits per heavy atom. The van der Waals surface area contributed by atoms with Crippen LogP contribution in [0.1, 0.15) is 31.2 Å². The first-order valence-electron chi connectivity index (χ1n) is 7.97. The monoisotopic (exact) mass is 315 g/mol. The van der Waals surface area contributed by atoms with Crippen molar-refractivity contribution in [3.8, 4) is 0 Å². The lowest BCUT2D eigenvalue weighted by Gasteiger charge is -2.26. The molecule has 122 valence electrons. The van der Waals surface area contributed by atoms with Gasteiger partial charge in [-0.3, -0.25) is 14.2 Å². The third kappa shape index (κ3) is 3.42. The molecule has 1 heterocycles. The Labute approximate surface area is 134 Å². The van der Waals surface area contributed by atoms with Crippen LogP contribution in [-0.4, -0.2) is 32.7 Å². The molecular weight excluding hydrogens is 294 g/mol. The predicted octanol–water partition coefficient (Wildman–Crippen LogP) is 1.12. The van der Waals surface area contributed by atoms with Gasteiger partial charge < -0.3 is 10.4 Å². The molecular formula is C17H21N3O3. The summed E-state index contributed by atoms with van der Waals surface area (Å²) < 4.78 is 1.34. The highest BCUT2D eigenvalue weighted by atomic mass is 16.3. The van der Waals surface area contributed by atoms with E-state index in [4.69, 9.17) is 0 Å². The van der Waals surface area contributed by atoms with Crippen LogP contribution in [0.3, 0.4) is 0 Å². The number of hydrogen-bond acceptors (Lipinski definition) is 4. The molecule has 0 atom stereocenters. The summed E-state index contributed by atoms with van der Waals surface area (Å²) in [7, 11) is 0. The van der Waals surface area contributed by atoms with Gasteiger partial charge in [-0.1, -0.05) is 12.1 Å². The van der Waals surface area contributed by atoms with Crippen LogP contribution in [-0.2, 0) is 11.3 Å². The number of para-hydroxylation sites is 1. The molecule has 1 fully saturated rings. The molecule has 6 heteroatoms. The molecule has 0 radical (unpaired) electrons. The zero-order valence-electron chi connectivity index (χ0n) is 13.2. The number of aliphatic hydroxyl groups is 1. The van der Waals surface area contributed by atoms with Crippen LogP contribution >= 0.6 is 0 Å². The molecule has 2 N–H and O–H groups in total. The molecule has 0 spiro atoms. The second-order valence-corrected chi connectivity index (χ2v) is 6.22. The van der Waals surface area contributed by atoms with Crippen molar-refractivity contribution in [1.82, 2.24) is 14.9 Å². The van der Waals surface area contributed by atoms with Crippen molar-refractivity contribution in [3.63, 3.8) is 0 Å². The first kappa shape index (κ1) is 15.7. The van der Waals surface area contributed by atoms with Crippen molar-refractivity contribution in [1.29, 1.82) is 0 Å². The minimum atomic E-state index is -0.251. The fourth-order valence-electron chi connectivity index (χ4n) is 3.10. The van der Waals surface area contributed by atoms with Gasteiger partial charge >= 0.3 is 0 Å². The summed E-state index contributed by atoms with van der Waals surface area (Å²) in [6.07, 6.45) is 4.15. The van der Waals surface area contributed by atoms with Crippen molar-refractivity contribution < 1.29 is 9.90 Å². The molecule has 0 aliphatic heterocycles. The number of rotatable bonds is 3. The second-order valence-electron chi connectivity index (χ2n) is 6.22. The minimum Gasteiger partial charge on any atom is -0.393 e. The summed E-state index contributed by atoms with van der Waals surface area (Å²) in [5.41, 5.74) is 1.42. The van der Waals surface area contributed by atoms with Gasteiger partial charge in [-0.05, 0) is 44.2 Å². The summed E-state index contributed by atoms with van der Waals surface area (Å²) in [5.74, 6) is -0.192. The Morgan fingerprint density at radius 3 is 2.83 bits per heavy atom. The number of fused-ring (bicyclic) bond motifs is 1. The number of aliphatic hydroxyl groups excluding tert-OH is 1. The Kier molecular flexibility index (Phi) is 4.43. The number of amides is 1. The van der Waals surface area contributed by atoms with Gasteiger partial charge in [0.2, 0.25) is 5.91 Å². The summed E-state index contributed by atoms with van der Waals surface area (Å²) in [6.45, 7) is 1.87. The Morgan fingerprint density at radius 2 is 2.09 bits per heavy atom. The minimum absolute atomic E-state index is 0.0330. The number of hydrogen-bond donors (Lipinski definition) is 2. The summed E-state index contributed by atoms with van der Waals surface area (Å²) in [4.78, 5) is 28.9. The average molecular weight is 315 g/mol. The highest BCUT2D eigenvalue weighted by Gasteiger charge is 2.21. The van der Waals surface area contributed by atoms with Crippen LogP contribution in [0.4, 0.5) is 0 Å². The van der Waals surface area contributed by atoms with E-state index in [2.05, 4.69) is 10.3 Å². The van der Waals surface area contributed by atoms with Crippen LogP contribution in [0.5, 0.6) is 0 Å². The van der Waals surface area contributed by atoms with Gasteiger partial charge in [0, 0.05) is 6.04 Å². The normalized spacial score (nSPS) is 21.3. The van der Waals surface area contributed by atoms with E-state index >= 15 is 0 Å². The lowest BCUT2D eigenvalue weighted by atomic mass is 9.93. The van der Waals surface area contributed by atoms with Crippen molar-refractivity contribution in [2.75, 3.05) is 0 Å². The van der Waals surface area contributed by atoms with E-state index in [0.717, 1.165) is 18.4 Å². The van der Waals surface area contributed by atoms with Gasteiger partial charge in [0.1, 0.15) is 6.54 Å². The van der Waals surface area contributed by atoms with Crippen LogP contribution in [0, 0.1) is 6.92 Å². The van der Waals surface area contributed by atoms with Gasteiger partial charge in [0.25, 0.3) is 5.56 Å². The highest BCUT2D eigenvalue weighted by Crippen LogP contribution is 2.18. The molecule has 23 heavy (non-hydrogen) atoms. The smallest absolute Gasteiger partial charge is 0.261 e. The molecule has 1 amide bonds. The summed E-state index contributed by atoms with van der Waals surface area (Å²) >= 11 is 0. The Balaban J connectivity index is 1.73. The van der Waals surface area contributed by atoms with E-state index in [1.807, 2.05) is 19.1 Å². The van der Waals surface area contributed by atoms with Crippen LogP contribution < -0.4 is 10.9 Å². The van der Waals surface area contributed by atoms with Crippen LogP contribution in [0.25, 0.3) is 10.9 Å². The van der Waals surface area contributed by atoms with E-state index in [-0.39, 0.29) is 30.2 Å². The molecule has 1 saturated carbocycles. The lowest BCUT2D eigenvalue weighted by molar-refractivity contribution is -0.122.